The number of ether oxygens (including phenoxy) is 1. The van der Waals surface area contributed by atoms with Crippen LogP contribution in [0.1, 0.15) is 17.5 Å². The summed E-state index contributed by atoms with van der Waals surface area (Å²) in [7, 11) is 0. The van der Waals surface area contributed by atoms with Gasteiger partial charge in [-0.1, -0.05) is 18.2 Å². The van der Waals surface area contributed by atoms with Gasteiger partial charge in [0.25, 0.3) is 0 Å². The lowest BCUT2D eigenvalue weighted by Gasteiger charge is -2.17. The van der Waals surface area contributed by atoms with Gasteiger partial charge in [-0.05, 0) is 31.4 Å². The monoisotopic (exact) mass is 306 g/mol. The number of nitrogens with one attached hydrogen (secondary N) is 1. The van der Waals surface area contributed by atoms with E-state index in [9.17, 15) is 9.59 Å². The number of urea groups is 1. The molecule has 1 fully saturated rings. The summed E-state index contributed by atoms with van der Waals surface area (Å²) in [5.74, 6) is -0.436. The van der Waals surface area contributed by atoms with Crippen molar-refractivity contribution in [2.45, 2.75) is 20.3 Å². The molecule has 0 saturated carbocycles. The largest absolute Gasteiger partial charge is 0.491 e. The number of carbonyl (C=O) groups is 2. The van der Waals surface area contributed by atoms with E-state index in [4.69, 9.17) is 9.84 Å². The Balaban J connectivity index is 1.73. The van der Waals surface area contributed by atoms with E-state index in [1.807, 2.05) is 32.0 Å². The smallest absolute Gasteiger partial charge is 0.317 e. The summed E-state index contributed by atoms with van der Waals surface area (Å²) in [5, 5.41) is 11.7. The highest BCUT2D eigenvalue weighted by Crippen LogP contribution is 2.22. The average Bonchev–Trinajstić information content (AvgIpc) is 2.96. The second-order valence-electron chi connectivity index (χ2n) is 5.57. The van der Waals surface area contributed by atoms with Crippen molar-refractivity contribution in [1.29, 1.82) is 0 Å². The summed E-state index contributed by atoms with van der Waals surface area (Å²) in [5.41, 5.74) is 2.13. The van der Waals surface area contributed by atoms with Crippen molar-refractivity contribution in [3.63, 3.8) is 0 Å². The van der Waals surface area contributed by atoms with Gasteiger partial charge in [0.15, 0.2) is 0 Å². The van der Waals surface area contributed by atoms with Gasteiger partial charge >= 0.3 is 12.0 Å². The normalized spacial score (nSPS) is 17.4. The minimum atomic E-state index is -0.839. The number of carbonyl (C=O) groups excluding carboxylic acids is 1. The Labute approximate surface area is 130 Å². The highest BCUT2D eigenvalue weighted by atomic mass is 16.5. The van der Waals surface area contributed by atoms with Crippen molar-refractivity contribution in [1.82, 2.24) is 10.2 Å². The zero-order valence-corrected chi connectivity index (χ0v) is 13.0. The maximum absolute atomic E-state index is 11.9. The molecule has 1 saturated heterocycles. The lowest BCUT2D eigenvalue weighted by Crippen LogP contribution is -2.40. The first kappa shape index (κ1) is 16.1. The predicted molar refractivity (Wildman–Crippen MR) is 82.1 cm³/mol. The van der Waals surface area contributed by atoms with Crippen molar-refractivity contribution in [3.05, 3.63) is 29.3 Å². The number of amides is 2. The van der Waals surface area contributed by atoms with Crippen LogP contribution in [0.3, 0.4) is 0 Å². The summed E-state index contributed by atoms with van der Waals surface area (Å²) < 4.78 is 5.71. The molecule has 0 aromatic heterocycles. The lowest BCUT2D eigenvalue weighted by molar-refractivity contribution is -0.141. The number of hydrogen-bond acceptors (Lipinski definition) is 3. The molecule has 0 bridgehead atoms. The third kappa shape index (κ3) is 3.90. The van der Waals surface area contributed by atoms with Gasteiger partial charge in [0.2, 0.25) is 0 Å². The summed E-state index contributed by atoms with van der Waals surface area (Å²) in [4.78, 5) is 24.3. The standard InChI is InChI=1S/C16H22N2O4/c1-11-4-3-5-12(2)14(11)22-9-7-17-16(21)18-8-6-13(10-18)15(19)20/h3-5,13H,6-10H2,1-2H3,(H,17,21)(H,19,20). The van der Waals surface area contributed by atoms with Crippen molar-refractivity contribution in [2.75, 3.05) is 26.2 Å². The van der Waals surface area contributed by atoms with Crippen molar-refractivity contribution in [3.8, 4) is 5.75 Å². The summed E-state index contributed by atoms with van der Waals surface area (Å²) in [6, 6.07) is 5.72. The van der Waals surface area contributed by atoms with E-state index in [1.54, 1.807) is 0 Å². The van der Waals surface area contributed by atoms with Crippen LogP contribution >= 0.6 is 0 Å². The van der Waals surface area contributed by atoms with Crippen LogP contribution in [0.25, 0.3) is 0 Å². The molecule has 1 aromatic carbocycles. The molecule has 1 heterocycles. The first-order valence-electron chi connectivity index (χ1n) is 7.43. The van der Waals surface area contributed by atoms with Gasteiger partial charge < -0.3 is 20.1 Å². The predicted octanol–water partition coefficient (Wildman–Crippen LogP) is 1.80. The molecular formula is C16H22N2O4. The van der Waals surface area contributed by atoms with Crippen LogP contribution in [0.5, 0.6) is 5.75 Å². The number of carboxylic acids is 1. The average molecular weight is 306 g/mol. The SMILES string of the molecule is Cc1cccc(C)c1OCCNC(=O)N1CCC(C(=O)O)C1. The van der Waals surface area contributed by atoms with E-state index >= 15 is 0 Å². The molecular weight excluding hydrogens is 284 g/mol. The molecule has 0 spiro atoms. The zero-order chi connectivity index (χ0) is 16.1. The first-order valence-corrected chi connectivity index (χ1v) is 7.43. The number of carboxylic acid groups (broad SMARTS) is 1. The molecule has 2 N–H and O–H groups in total. The van der Waals surface area contributed by atoms with Gasteiger partial charge in [0, 0.05) is 13.1 Å². The topological polar surface area (TPSA) is 78.9 Å². The number of nitrogens with zero attached hydrogens (tertiary/aromatic N) is 1. The van der Waals surface area contributed by atoms with Crippen LogP contribution in [0, 0.1) is 19.8 Å². The van der Waals surface area contributed by atoms with Crippen LogP contribution in [0.2, 0.25) is 0 Å². The quantitative estimate of drug-likeness (QED) is 0.813. The number of para-hydroxylation sites is 1. The molecule has 0 aliphatic carbocycles. The minimum absolute atomic E-state index is 0.228. The van der Waals surface area contributed by atoms with Crippen LogP contribution in [-0.4, -0.2) is 48.2 Å². The van der Waals surface area contributed by atoms with Crippen molar-refractivity contribution < 1.29 is 19.4 Å². The van der Waals surface area contributed by atoms with Crippen LogP contribution in [0.15, 0.2) is 18.2 Å². The number of rotatable bonds is 5. The van der Waals surface area contributed by atoms with E-state index in [1.165, 1.54) is 4.90 Å². The van der Waals surface area contributed by atoms with E-state index in [2.05, 4.69) is 5.32 Å². The molecule has 2 rings (SSSR count). The molecule has 6 heteroatoms. The molecule has 1 aliphatic heterocycles. The minimum Gasteiger partial charge on any atom is -0.491 e. The summed E-state index contributed by atoms with van der Waals surface area (Å²) in [6.45, 7) is 5.50. The molecule has 2 amide bonds. The van der Waals surface area contributed by atoms with Gasteiger partial charge in [0.05, 0.1) is 12.5 Å². The van der Waals surface area contributed by atoms with Gasteiger partial charge in [-0.3, -0.25) is 4.79 Å². The number of aliphatic carboxylic acids is 1. The number of hydrogen-bond donors (Lipinski definition) is 2. The van der Waals surface area contributed by atoms with Crippen LogP contribution in [0.4, 0.5) is 4.79 Å². The Morgan fingerprint density at radius 1 is 1.36 bits per heavy atom. The number of aryl methyl sites for hydroxylation is 2. The van der Waals surface area contributed by atoms with Gasteiger partial charge in [-0.15, -0.1) is 0 Å². The fraction of sp³-hybridized carbons (Fsp3) is 0.500. The summed E-state index contributed by atoms with van der Waals surface area (Å²) in [6.07, 6.45) is 0.516. The van der Waals surface area contributed by atoms with Gasteiger partial charge in [-0.25, -0.2) is 4.79 Å². The van der Waals surface area contributed by atoms with Crippen LogP contribution in [-0.2, 0) is 4.79 Å². The Kier molecular flexibility index (Phi) is 5.25. The highest BCUT2D eigenvalue weighted by Gasteiger charge is 2.30. The number of benzene rings is 1. The second-order valence-corrected chi connectivity index (χ2v) is 5.57. The van der Waals surface area contributed by atoms with Crippen LogP contribution < -0.4 is 10.1 Å². The Bertz CT molecular complexity index is 539. The maximum atomic E-state index is 11.9. The summed E-state index contributed by atoms with van der Waals surface area (Å²) >= 11 is 0. The van der Waals surface area contributed by atoms with E-state index in [0.717, 1.165) is 16.9 Å². The fourth-order valence-corrected chi connectivity index (χ4v) is 2.60. The van der Waals surface area contributed by atoms with E-state index in [-0.39, 0.29) is 12.6 Å². The Morgan fingerprint density at radius 3 is 2.64 bits per heavy atom. The molecule has 0 radical (unpaired) electrons. The van der Waals surface area contributed by atoms with Crippen molar-refractivity contribution >= 4 is 12.0 Å². The fourth-order valence-electron chi connectivity index (χ4n) is 2.60. The molecule has 1 aliphatic rings. The zero-order valence-electron chi connectivity index (χ0n) is 13.0. The first-order chi connectivity index (χ1) is 10.5. The highest BCUT2D eigenvalue weighted by molar-refractivity contribution is 5.77. The molecule has 1 atom stereocenters. The molecule has 1 unspecified atom stereocenters. The van der Waals surface area contributed by atoms with Gasteiger partial charge in [-0.2, -0.15) is 0 Å². The van der Waals surface area contributed by atoms with E-state index in [0.29, 0.717) is 26.1 Å². The molecule has 120 valence electrons. The molecule has 6 nitrogen and oxygen atoms in total. The van der Waals surface area contributed by atoms with Crippen molar-refractivity contribution in [2.24, 2.45) is 5.92 Å². The third-order valence-electron chi connectivity index (χ3n) is 3.86. The third-order valence-corrected chi connectivity index (χ3v) is 3.86. The second kappa shape index (κ2) is 7.15. The molecule has 1 aromatic rings. The lowest BCUT2D eigenvalue weighted by atomic mass is 10.1. The van der Waals surface area contributed by atoms with Gasteiger partial charge in [0.1, 0.15) is 12.4 Å². The Morgan fingerprint density at radius 2 is 2.05 bits per heavy atom. The van der Waals surface area contributed by atoms with E-state index < -0.39 is 11.9 Å². The molecule has 22 heavy (non-hydrogen) atoms. The maximum Gasteiger partial charge on any atom is 0.317 e. The number of likely N-dealkylation sites (tertiary alicyclic amines) is 1. The Hall–Kier alpha value is -2.24.